The first-order valence-electron chi connectivity index (χ1n) is 4.69. The van der Waals surface area contributed by atoms with Crippen LogP contribution in [-0.4, -0.2) is 13.1 Å². The second-order valence-electron chi connectivity index (χ2n) is 2.84. The molecule has 0 atom stereocenters. The maximum Gasteiger partial charge on any atom is 0.119 e. The summed E-state index contributed by atoms with van der Waals surface area (Å²) in [6.45, 7) is 2.28. The van der Waals surface area contributed by atoms with E-state index in [4.69, 9.17) is 0 Å². The maximum absolute atomic E-state index is 4.55. The molecule has 13 heavy (non-hydrogen) atoms. The van der Waals surface area contributed by atoms with Crippen molar-refractivity contribution >= 4 is 0 Å². The van der Waals surface area contributed by atoms with E-state index in [1.165, 1.54) is 19.3 Å². The monoisotopic (exact) mass is 183 g/mol. The van der Waals surface area contributed by atoms with E-state index in [1.807, 2.05) is 6.08 Å². The molecule has 2 aliphatic heterocycles. The third-order valence-electron chi connectivity index (χ3n) is 1.72. The molecule has 0 aromatic carbocycles. The van der Waals surface area contributed by atoms with Crippen molar-refractivity contribution in [3.05, 3.63) is 24.6 Å². The molecule has 0 saturated carbocycles. The molecule has 0 spiro atoms. The smallest absolute Gasteiger partial charge is 0.119 e. The summed E-state index contributed by atoms with van der Waals surface area (Å²) < 4.78 is 0. The van der Waals surface area contributed by atoms with Gasteiger partial charge in [-0.1, -0.05) is 6.42 Å². The average Bonchev–Trinajstić information content (AvgIpc) is 2.53. The summed E-state index contributed by atoms with van der Waals surface area (Å²) in [6.07, 6.45) is 11.0. The first-order chi connectivity index (χ1) is 6.50. The lowest BCUT2D eigenvalue weighted by atomic mass is 10.2. The van der Waals surface area contributed by atoms with Gasteiger partial charge in [-0.3, -0.25) is 10.9 Å². The largest absolute Gasteiger partial charge is 0.391 e. The highest BCUT2D eigenvalue weighted by molar-refractivity contribution is 5.00. The number of hydrogen-bond donors (Lipinski definition) is 3. The molecule has 0 aromatic heterocycles. The predicted molar refractivity (Wildman–Crippen MR) is 52.4 cm³/mol. The van der Waals surface area contributed by atoms with E-state index in [0.29, 0.717) is 0 Å². The molecule has 1 fully saturated rings. The molecule has 2 aliphatic rings. The van der Waals surface area contributed by atoms with Crippen molar-refractivity contribution in [3.63, 3.8) is 0 Å². The molecule has 0 amide bonds. The Labute approximate surface area is 79.0 Å². The van der Waals surface area contributed by atoms with E-state index < -0.39 is 0 Å². The van der Waals surface area contributed by atoms with Crippen LogP contribution in [0.4, 0.5) is 0 Å². The molecular weight excluding hydrogens is 166 g/mol. The van der Waals surface area contributed by atoms with Crippen LogP contribution in [0.5, 0.6) is 0 Å². The molecule has 0 bridgehead atoms. The highest BCUT2D eigenvalue weighted by atomic mass is 16.6. The highest BCUT2D eigenvalue weighted by Crippen LogP contribution is 1.93. The molecular formula is C9H17N3O. The van der Waals surface area contributed by atoms with Crippen molar-refractivity contribution in [2.45, 2.75) is 19.3 Å². The lowest BCUT2D eigenvalue weighted by Gasteiger charge is -1.97. The topological polar surface area (TPSA) is 45.3 Å². The molecule has 4 nitrogen and oxygen atoms in total. The SMILES string of the molecule is C1=CNOC=C1.C1CCNNCC1. The molecule has 0 unspecified atom stereocenters. The normalized spacial score (nSPS) is 20.3. The van der Waals surface area contributed by atoms with Gasteiger partial charge in [0.25, 0.3) is 0 Å². The predicted octanol–water partition coefficient (Wildman–Crippen LogP) is 0.813. The number of nitrogens with one attached hydrogen (secondary N) is 3. The Balaban J connectivity index is 0.000000132. The van der Waals surface area contributed by atoms with Crippen LogP contribution in [0.3, 0.4) is 0 Å². The lowest BCUT2D eigenvalue weighted by molar-refractivity contribution is 0.172. The van der Waals surface area contributed by atoms with Crippen molar-refractivity contribution in [2.24, 2.45) is 0 Å². The third-order valence-corrected chi connectivity index (χ3v) is 1.72. The minimum absolute atomic E-state index is 1.14. The molecule has 0 aromatic rings. The fourth-order valence-corrected chi connectivity index (χ4v) is 1.04. The standard InChI is InChI=1S/C5H12N2.C4H5NO/c1-2-4-6-7-5-3-1;1-2-4-6-5-3-1/h6-7H,1-5H2;1-5H. The summed E-state index contributed by atoms with van der Waals surface area (Å²) in [5.74, 6) is 0. The fraction of sp³-hybridized carbons (Fsp3) is 0.556. The van der Waals surface area contributed by atoms with E-state index in [-0.39, 0.29) is 0 Å². The molecule has 4 heteroatoms. The summed E-state index contributed by atoms with van der Waals surface area (Å²) in [6, 6.07) is 0. The molecule has 0 radical (unpaired) electrons. The Bertz CT molecular complexity index is 137. The molecule has 1 saturated heterocycles. The van der Waals surface area contributed by atoms with Gasteiger partial charge in [0.2, 0.25) is 0 Å². The molecule has 74 valence electrons. The van der Waals surface area contributed by atoms with Crippen molar-refractivity contribution in [1.82, 2.24) is 16.3 Å². The molecule has 2 rings (SSSR count). The van der Waals surface area contributed by atoms with Crippen LogP contribution in [0.15, 0.2) is 24.6 Å². The van der Waals surface area contributed by atoms with Gasteiger partial charge < -0.3 is 4.84 Å². The Morgan fingerprint density at radius 1 is 0.923 bits per heavy atom. The molecule has 2 heterocycles. The van der Waals surface area contributed by atoms with Crippen LogP contribution in [0, 0.1) is 0 Å². The fourth-order valence-electron chi connectivity index (χ4n) is 1.04. The number of hydroxylamine groups is 1. The van der Waals surface area contributed by atoms with Gasteiger partial charge in [0.15, 0.2) is 0 Å². The summed E-state index contributed by atoms with van der Waals surface area (Å²) in [4.78, 5) is 4.55. The van der Waals surface area contributed by atoms with Crippen molar-refractivity contribution in [2.75, 3.05) is 13.1 Å². The lowest BCUT2D eigenvalue weighted by Crippen LogP contribution is -2.30. The Morgan fingerprint density at radius 2 is 1.69 bits per heavy atom. The van der Waals surface area contributed by atoms with Gasteiger partial charge in [0.1, 0.15) is 6.26 Å². The Hall–Kier alpha value is -1.00. The zero-order valence-electron chi connectivity index (χ0n) is 7.75. The van der Waals surface area contributed by atoms with Crippen LogP contribution in [0.25, 0.3) is 0 Å². The molecule has 0 aliphatic carbocycles. The van der Waals surface area contributed by atoms with Crippen molar-refractivity contribution in [3.8, 4) is 0 Å². The van der Waals surface area contributed by atoms with Gasteiger partial charge in [-0.2, -0.15) is 0 Å². The van der Waals surface area contributed by atoms with Gasteiger partial charge in [0, 0.05) is 19.3 Å². The second kappa shape index (κ2) is 7.64. The quantitative estimate of drug-likeness (QED) is 0.520. The van der Waals surface area contributed by atoms with E-state index in [9.17, 15) is 0 Å². The van der Waals surface area contributed by atoms with Gasteiger partial charge in [-0.15, -0.1) is 0 Å². The van der Waals surface area contributed by atoms with Crippen LogP contribution >= 0.6 is 0 Å². The van der Waals surface area contributed by atoms with Crippen LogP contribution < -0.4 is 16.3 Å². The van der Waals surface area contributed by atoms with Gasteiger partial charge in [0.05, 0.1) is 0 Å². The first kappa shape index (κ1) is 10.1. The first-order valence-corrected chi connectivity index (χ1v) is 4.69. The summed E-state index contributed by atoms with van der Waals surface area (Å²) >= 11 is 0. The number of allylic oxidation sites excluding steroid dienone is 2. The van der Waals surface area contributed by atoms with Gasteiger partial charge in [-0.05, 0) is 25.0 Å². The minimum atomic E-state index is 1.14. The van der Waals surface area contributed by atoms with E-state index in [0.717, 1.165) is 13.1 Å². The zero-order valence-corrected chi connectivity index (χ0v) is 7.75. The highest BCUT2D eigenvalue weighted by Gasteiger charge is 1.92. The van der Waals surface area contributed by atoms with E-state index in [1.54, 1.807) is 18.5 Å². The van der Waals surface area contributed by atoms with Crippen LogP contribution in [0.1, 0.15) is 19.3 Å². The zero-order chi connectivity index (χ0) is 9.19. The average molecular weight is 183 g/mol. The van der Waals surface area contributed by atoms with E-state index >= 15 is 0 Å². The van der Waals surface area contributed by atoms with Crippen LogP contribution in [-0.2, 0) is 4.84 Å². The Morgan fingerprint density at radius 3 is 2.08 bits per heavy atom. The minimum Gasteiger partial charge on any atom is -0.391 e. The second-order valence-corrected chi connectivity index (χ2v) is 2.84. The van der Waals surface area contributed by atoms with Gasteiger partial charge >= 0.3 is 0 Å². The van der Waals surface area contributed by atoms with Gasteiger partial charge in [-0.25, -0.2) is 5.48 Å². The van der Waals surface area contributed by atoms with E-state index in [2.05, 4.69) is 21.2 Å². The van der Waals surface area contributed by atoms with Crippen molar-refractivity contribution < 1.29 is 4.84 Å². The number of rotatable bonds is 0. The summed E-state index contributed by atoms with van der Waals surface area (Å²) in [5.41, 5.74) is 8.71. The Kier molecular flexibility index (Phi) is 5.93. The van der Waals surface area contributed by atoms with Crippen LogP contribution in [0.2, 0.25) is 0 Å². The number of hydrogen-bond acceptors (Lipinski definition) is 4. The number of hydrazine groups is 1. The van der Waals surface area contributed by atoms with Crippen molar-refractivity contribution in [1.29, 1.82) is 0 Å². The summed E-state index contributed by atoms with van der Waals surface area (Å²) in [5, 5.41) is 0. The maximum atomic E-state index is 4.55. The third kappa shape index (κ3) is 6.19. The summed E-state index contributed by atoms with van der Waals surface area (Å²) in [7, 11) is 0. The molecule has 3 N–H and O–H groups in total.